The van der Waals surface area contributed by atoms with Gasteiger partial charge in [-0.3, -0.25) is 0 Å². The number of thiophene rings is 1. The van der Waals surface area contributed by atoms with Crippen LogP contribution >= 0.6 is 11.3 Å². The van der Waals surface area contributed by atoms with Crippen LogP contribution in [0.3, 0.4) is 0 Å². The zero-order valence-electron chi connectivity index (χ0n) is 10.6. The Morgan fingerprint density at radius 1 is 1.47 bits per heavy atom. The first-order valence-corrected chi connectivity index (χ1v) is 6.58. The molecule has 1 heterocycles. The third kappa shape index (κ3) is 3.49. The van der Waals surface area contributed by atoms with Crippen molar-refractivity contribution in [2.45, 2.75) is 47.5 Å². The van der Waals surface area contributed by atoms with Crippen LogP contribution in [0.2, 0.25) is 0 Å². The van der Waals surface area contributed by atoms with Gasteiger partial charge in [-0.1, -0.05) is 33.3 Å². The van der Waals surface area contributed by atoms with E-state index in [-0.39, 0.29) is 0 Å². The second-order valence-electron chi connectivity index (χ2n) is 5.00. The molecule has 1 aromatic rings. The number of aryl methyl sites for hydroxylation is 1. The molecule has 0 unspecified atom stereocenters. The lowest BCUT2D eigenvalue weighted by molar-refractivity contribution is 0.433. The molecule has 0 fully saturated rings. The predicted molar refractivity (Wildman–Crippen MR) is 71.4 cm³/mol. The zero-order chi connectivity index (χ0) is 11.5. The summed E-state index contributed by atoms with van der Waals surface area (Å²) in [5, 5.41) is 2.18. The molecule has 0 N–H and O–H groups in total. The summed E-state index contributed by atoms with van der Waals surface area (Å²) in [7, 11) is 0. The second kappa shape index (κ2) is 4.98. The van der Waals surface area contributed by atoms with Crippen molar-refractivity contribution in [2.24, 2.45) is 5.41 Å². The Bertz CT molecular complexity index is 342. The van der Waals surface area contributed by atoms with Crippen molar-refractivity contribution in [1.29, 1.82) is 0 Å². The van der Waals surface area contributed by atoms with E-state index in [4.69, 9.17) is 0 Å². The van der Waals surface area contributed by atoms with Gasteiger partial charge in [0.2, 0.25) is 0 Å². The largest absolute Gasteiger partial charge is 0.144 e. The third-order valence-corrected chi connectivity index (χ3v) is 3.87. The van der Waals surface area contributed by atoms with E-state index in [2.05, 4.69) is 52.1 Å². The number of allylic oxidation sites excluding steroid dienone is 2. The Labute approximate surface area is 98.0 Å². The molecule has 0 aliphatic carbocycles. The van der Waals surface area contributed by atoms with Gasteiger partial charge >= 0.3 is 0 Å². The van der Waals surface area contributed by atoms with Gasteiger partial charge in [0.05, 0.1) is 0 Å². The maximum atomic E-state index is 2.43. The molecule has 0 nitrogen and oxygen atoms in total. The maximum absolute atomic E-state index is 2.43. The molecule has 0 atom stereocenters. The summed E-state index contributed by atoms with van der Waals surface area (Å²) in [5.74, 6) is 0. The van der Waals surface area contributed by atoms with Gasteiger partial charge in [-0.05, 0) is 48.3 Å². The Morgan fingerprint density at radius 3 is 2.60 bits per heavy atom. The molecular weight excluding hydrogens is 200 g/mol. The molecule has 0 aliphatic heterocycles. The quantitative estimate of drug-likeness (QED) is 0.649. The van der Waals surface area contributed by atoms with Gasteiger partial charge in [0.15, 0.2) is 0 Å². The number of hydrogen-bond donors (Lipinski definition) is 0. The molecule has 0 saturated carbocycles. The van der Waals surface area contributed by atoms with Crippen LogP contribution in [0.4, 0.5) is 0 Å². The van der Waals surface area contributed by atoms with Crippen molar-refractivity contribution in [3.8, 4) is 0 Å². The molecule has 1 aromatic heterocycles. The van der Waals surface area contributed by atoms with Crippen molar-refractivity contribution in [3.05, 3.63) is 28.0 Å². The van der Waals surface area contributed by atoms with Gasteiger partial charge in [-0.15, -0.1) is 11.3 Å². The summed E-state index contributed by atoms with van der Waals surface area (Å²) >= 11 is 1.85. The molecule has 1 heteroatoms. The van der Waals surface area contributed by atoms with Crippen LogP contribution in [0.25, 0.3) is 5.57 Å². The lowest BCUT2D eigenvalue weighted by Crippen LogP contribution is -2.07. The molecular formula is C14H22S. The van der Waals surface area contributed by atoms with Gasteiger partial charge in [-0.25, -0.2) is 0 Å². The van der Waals surface area contributed by atoms with Crippen molar-refractivity contribution < 1.29 is 0 Å². The van der Waals surface area contributed by atoms with Gasteiger partial charge in [0.1, 0.15) is 0 Å². The maximum Gasteiger partial charge on any atom is 0.0325 e. The highest BCUT2D eigenvalue weighted by molar-refractivity contribution is 7.11. The van der Waals surface area contributed by atoms with E-state index >= 15 is 0 Å². The normalized spacial score (nSPS) is 13.3. The topological polar surface area (TPSA) is 0 Å². The SMILES string of the molecule is CCCC(C)(C)/C=C(\C)c1sccc1C. The van der Waals surface area contributed by atoms with Crippen molar-refractivity contribution >= 4 is 16.9 Å². The van der Waals surface area contributed by atoms with E-state index in [1.807, 2.05) is 11.3 Å². The summed E-state index contributed by atoms with van der Waals surface area (Å²) in [6, 6.07) is 2.20. The first kappa shape index (κ1) is 12.5. The molecule has 0 radical (unpaired) electrons. The molecule has 84 valence electrons. The lowest BCUT2D eigenvalue weighted by atomic mass is 9.86. The third-order valence-electron chi connectivity index (χ3n) is 2.72. The molecule has 0 aliphatic rings. The standard InChI is InChI=1S/C14H22S/c1-6-8-14(4,5)10-12(3)13-11(2)7-9-15-13/h7,9-10H,6,8H2,1-5H3/b12-10+. The highest BCUT2D eigenvalue weighted by Gasteiger charge is 2.14. The fourth-order valence-corrected chi connectivity index (χ4v) is 3.05. The number of hydrogen-bond acceptors (Lipinski definition) is 1. The Morgan fingerprint density at radius 2 is 2.13 bits per heavy atom. The fourth-order valence-electron chi connectivity index (χ4n) is 2.14. The minimum absolute atomic E-state index is 0.329. The fraction of sp³-hybridized carbons (Fsp3) is 0.571. The Kier molecular flexibility index (Phi) is 4.15. The van der Waals surface area contributed by atoms with Gasteiger partial charge in [-0.2, -0.15) is 0 Å². The predicted octanol–water partition coefficient (Wildman–Crippen LogP) is 5.29. The monoisotopic (exact) mass is 222 g/mol. The van der Waals surface area contributed by atoms with Gasteiger partial charge in [0, 0.05) is 4.88 Å². The minimum Gasteiger partial charge on any atom is -0.144 e. The Balaban J connectivity index is 2.89. The number of rotatable bonds is 4. The van der Waals surface area contributed by atoms with Crippen LogP contribution in [0, 0.1) is 12.3 Å². The van der Waals surface area contributed by atoms with Gasteiger partial charge in [0.25, 0.3) is 0 Å². The molecule has 0 bridgehead atoms. The van der Waals surface area contributed by atoms with E-state index in [1.54, 1.807) is 0 Å². The van der Waals surface area contributed by atoms with Crippen LogP contribution in [0.5, 0.6) is 0 Å². The average molecular weight is 222 g/mol. The van der Waals surface area contributed by atoms with E-state index in [0.29, 0.717) is 5.41 Å². The smallest absolute Gasteiger partial charge is 0.0325 e. The second-order valence-corrected chi connectivity index (χ2v) is 5.91. The van der Waals surface area contributed by atoms with E-state index in [9.17, 15) is 0 Å². The summed E-state index contributed by atoms with van der Waals surface area (Å²) < 4.78 is 0. The molecule has 1 rings (SSSR count). The summed E-state index contributed by atoms with van der Waals surface area (Å²) in [6.45, 7) is 11.3. The first-order chi connectivity index (χ1) is 6.96. The summed E-state index contributed by atoms with van der Waals surface area (Å²) in [5.41, 5.74) is 3.16. The van der Waals surface area contributed by atoms with Crippen molar-refractivity contribution in [2.75, 3.05) is 0 Å². The van der Waals surface area contributed by atoms with Crippen molar-refractivity contribution in [1.82, 2.24) is 0 Å². The van der Waals surface area contributed by atoms with Crippen LogP contribution in [0.1, 0.15) is 51.0 Å². The highest BCUT2D eigenvalue weighted by atomic mass is 32.1. The minimum atomic E-state index is 0.329. The molecule has 0 amide bonds. The highest BCUT2D eigenvalue weighted by Crippen LogP contribution is 2.31. The zero-order valence-corrected chi connectivity index (χ0v) is 11.4. The molecule has 0 saturated heterocycles. The Hall–Kier alpha value is -0.560. The molecule has 0 aromatic carbocycles. The lowest BCUT2D eigenvalue weighted by Gasteiger charge is -2.20. The van der Waals surface area contributed by atoms with Crippen LogP contribution in [-0.4, -0.2) is 0 Å². The summed E-state index contributed by atoms with van der Waals surface area (Å²) in [4.78, 5) is 1.44. The summed E-state index contributed by atoms with van der Waals surface area (Å²) in [6.07, 6.45) is 4.93. The molecule has 15 heavy (non-hydrogen) atoms. The van der Waals surface area contributed by atoms with E-state index in [1.165, 1.54) is 28.9 Å². The van der Waals surface area contributed by atoms with Crippen molar-refractivity contribution in [3.63, 3.8) is 0 Å². The van der Waals surface area contributed by atoms with Crippen LogP contribution < -0.4 is 0 Å². The van der Waals surface area contributed by atoms with Gasteiger partial charge < -0.3 is 0 Å². The van der Waals surface area contributed by atoms with Crippen LogP contribution in [0.15, 0.2) is 17.5 Å². The average Bonchev–Trinajstić information content (AvgIpc) is 2.50. The molecule has 0 spiro atoms. The van der Waals surface area contributed by atoms with E-state index < -0.39 is 0 Å². The first-order valence-electron chi connectivity index (χ1n) is 5.70. The van der Waals surface area contributed by atoms with Crippen LogP contribution in [-0.2, 0) is 0 Å². The van der Waals surface area contributed by atoms with E-state index in [0.717, 1.165) is 0 Å².